The first kappa shape index (κ1) is 21.5. The second-order valence-corrected chi connectivity index (χ2v) is 8.93. The Hall–Kier alpha value is -4.30. The van der Waals surface area contributed by atoms with Crippen LogP contribution < -0.4 is 10.2 Å². The Bertz CT molecular complexity index is 1540. The first-order chi connectivity index (χ1) is 16.5. The van der Waals surface area contributed by atoms with E-state index in [1.807, 2.05) is 39.2 Å². The van der Waals surface area contributed by atoms with Crippen molar-refractivity contribution in [1.29, 1.82) is 5.26 Å². The molecule has 0 aliphatic heterocycles. The highest BCUT2D eigenvalue weighted by Gasteiger charge is 2.21. The number of nitriles is 1. The number of anilines is 3. The number of nitrogens with one attached hydrogen (secondary N) is 1. The fourth-order valence-electron chi connectivity index (χ4n) is 4.42. The summed E-state index contributed by atoms with van der Waals surface area (Å²) in [6.45, 7) is 4.12. The molecule has 5 nitrogen and oxygen atoms in total. The highest BCUT2D eigenvalue weighted by Crippen LogP contribution is 2.34. The number of para-hydroxylation sites is 2. The van der Waals surface area contributed by atoms with E-state index in [2.05, 4.69) is 82.2 Å². The van der Waals surface area contributed by atoms with E-state index in [-0.39, 0.29) is 0 Å². The summed E-state index contributed by atoms with van der Waals surface area (Å²) in [5, 5.41) is 13.8. The van der Waals surface area contributed by atoms with Crippen LogP contribution in [0.2, 0.25) is 0 Å². The highest BCUT2D eigenvalue weighted by molar-refractivity contribution is 5.87. The van der Waals surface area contributed by atoms with Crippen molar-refractivity contribution in [3.63, 3.8) is 0 Å². The van der Waals surface area contributed by atoms with E-state index in [1.54, 1.807) is 0 Å². The van der Waals surface area contributed by atoms with Crippen molar-refractivity contribution in [2.24, 2.45) is 0 Å². The molecule has 0 aliphatic rings. The molecule has 0 unspecified atom stereocenters. The third kappa shape index (κ3) is 3.74. The molecule has 0 atom stereocenters. The number of hydrogen-bond acceptors (Lipinski definition) is 4. The minimum absolute atomic E-state index is 0.617. The Labute approximate surface area is 199 Å². The molecule has 0 saturated carbocycles. The van der Waals surface area contributed by atoms with Crippen LogP contribution in [-0.2, 0) is 6.42 Å². The van der Waals surface area contributed by atoms with Crippen molar-refractivity contribution in [3.8, 4) is 6.07 Å². The summed E-state index contributed by atoms with van der Waals surface area (Å²) < 4.78 is 2.10. The number of nitrogens with zero attached hydrogens (tertiary/aromatic N) is 4. The van der Waals surface area contributed by atoms with Crippen LogP contribution in [-0.4, -0.2) is 23.5 Å². The Balaban J connectivity index is 1.77. The molecule has 34 heavy (non-hydrogen) atoms. The normalized spacial score (nSPS) is 11.0. The zero-order valence-electron chi connectivity index (χ0n) is 19.9. The summed E-state index contributed by atoms with van der Waals surface area (Å²) in [6, 6.07) is 27.4. The van der Waals surface area contributed by atoms with Gasteiger partial charge in [-0.25, -0.2) is 4.98 Å². The Morgan fingerprint density at radius 1 is 0.941 bits per heavy atom. The molecule has 0 amide bonds. The molecule has 0 radical (unpaired) electrons. The van der Waals surface area contributed by atoms with Gasteiger partial charge in [-0.3, -0.25) is 4.40 Å². The zero-order valence-corrected chi connectivity index (χ0v) is 19.9. The molecule has 0 saturated heterocycles. The smallest absolute Gasteiger partial charge is 0.157 e. The lowest BCUT2D eigenvalue weighted by molar-refractivity contribution is 1.08. The van der Waals surface area contributed by atoms with Crippen LogP contribution in [0.3, 0.4) is 0 Å². The molecule has 0 bridgehead atoms. The van der Waals surface area contributed by atoms with Crippen LogP contribution in [0.15, 0.2) is 72.8 Å². The number of pyridine rings is 1. The molecule has 5 aromatic rings. The predicted octanol–water partition coefficient (Wildman–Crippen LogP) is 6.38. The fourth-order valence-corrected chi connectivity index (χ4v) is 4.42. The summed E-state index contributed by atoms with van der Waals surface area (Å²) in [5.41, 5.74) is 9.75. The standard InChI is InChI=1S/C29H27N5/c1-19-9-11-21(12-10-19)17-24-20(2)25(18-30)29-32-26-7-5-6-8-27(26)34(29)28(24)31-22-13-15-23(16-14-22)33(3)4/h5-16,31H,17H2,1-4H3. The number of rotatable bonds is 5. The lowest BCUT2D eigenvalue weighted by atomic mass is 9.97. The number of hydrogen-bond donors (Lipinski definition) is 1. The molecule has 168 valence electrons. The molecule has 2 heterocycles. The van der Waals surface area contributed by atoms with Gasteiger partial charge < -0.3 is 10.2 Å². The van der Waals surface area contributed by atoms with Crippen LogP contribution in [0.5, 0.6) is 0 Å². The van der Waals surface area contributed by atoms with Crippen LogP contribution >= 0.6 is 0 Å². The van der Waals surface area contributed by atoms with Gasteiger partial charge in [-0.2, -0.15) is 5.26 Å². The van der Waals surface area contributed by atoms with Crippen LogP contribution in [0, 0.1) is 25.2 Å². The van der Waals surface area contributed by atoms with E-state index >= 15 is 0 Å². The van der Waals surface area contributed by atoms with Gasteiger partial charge in [0, 0.05) is 37.5 Å². The van der Waals surface area contributed by atoms with E-state index < -0.39 is 0 Å². The highest BCUT2D eigenvalue weighted by atomic mass is 15.1. The first-order valence-electron chi connectivity index (χ1n) is 11.4. The summed E-state index contributed by atoms with van der Waals surface area (Å²) in [7, 11) is 4.07. The van der Waals surface area contributed by atoms with E-state index in [0.29, 0.717) is 17.6 Å². The molecule has 5 heteroatoms. The van der Waals surface area contributed by atoms with Crippen LogP contribution in [0.4, 0.5) is 17.2 Å². The van der Waals surface area contributed by atoms with Crippen molar-refractivity contribution in [3.05, 3.63) is 101 Å². The Kier molecular flexibility index (Phi) is 5.43. The lowest BCUT2D eigenvalue weighted by Crippen LogP contribution is -2.10. The van der Waals surface area contributed by atoms with Gasteiger partial charge in [0.2, 0.25) is 0 Å². The quantitative estimate of drug-likeness (QED) is 0.341. The maximum absolute atomic E-state index is 10.1. The monoisotopic (exact) mass is 445 g/mol. The van der Waals surface area contributed by atoms with Gasteiger partial charge in [0.05, 0.1) is 16.6 Å². The van der Waals surface area contributed by atoms with Crippen LogP contribution in [0.25, 0.3) is 16.7 Å². The topological polar surface area (TPSA) is 56.4 Å². The van der Waals surface area contributed by atoms with Crippen molar-refractivity contribution in [2.75, 3.05) is 24.3 Å². The predicted molar refractivity (Wildman–Crippen MR) is 140 cm³/mol. The molecule has 0 spiro atoms. The molecular formula is C29H27N5. The summed E-state index contributed by atoms with van der Waals surface area (Å²) >= 11 is 0. The van der Waals surface area contributed by atoms with Gasteiger partial charge in [-0.05, 0) is 61.4 Å². The van der Waals surface area contributed by atoms with Crippen molar-refractivity contribution in [2.45, 2.75) is 20.3 Å². The molecule has 1 N–H and O–H groups in total. The minimum Gasteiger partial charge on any atom is -0.378 e. The van der Waals surface area contributed by atoms with Gasteiger partial charge in [0.25, 0.3) is 0 Å². The summed E-state index contributed by atoms with van der Waals surface area (Å²) in [4.78, 5) is 6.92. The average Bonchev–Trinajstić information content (AvgIpc) is 3.22. The Morgan fingerprint density at radius 3 is 2.32 bits per heavy atom. The SMILES string of the molecule is Cc1ccc(Cc2c(C)c(C#N)c3nc4ccccc4n3c2Nc2ccc(N(C)C)cc2)cc1. The van der Waals surface area contributed by atoms with E-state index in [0.717, 1.165) is 39.4 Å². The largest absolute Gasteiger partial charge is 0.378 e. The third-order valence-corrected chi connectivity index (χ3v) is 6.38. The molecular weight excluding hydrogens is 418 g/mol. The fraction of sp³-hybridized carbons (Fsp3) is 0.172. The van der Waals surface area contributed by atoms with E-state index in [4.69, 9.17) is 4.98 Å². The minimum atomic E-state index is 0.617. The first-order valence-corrected chi connectivity index (χ1v) is 11.4. The van der Waals surface area contributed by atoms with Crippen molar-refractivity contribution >= 4 is 33.9 Å². The zero-order chi connectivity index (χ0) is 23.8. The maximum atomic E-state index is 10.1. The second kappa shape index (κ2) is 8.57. The number of aromatic nitrogens is 2. The van der Waals surface area contributed by atoms with Gasteiger partial charge in [0.1, 0.15) is 11.9 Å². The molecule has 2 aromatic heterocycles. The molecule has 3 aromatic carbocycles. The van der Waals surface area contributed by atoms with E-state index in [9.17, 15) is 5.26 Å². The van der Waals surface area contributed by atoms with Crippen LogP contribution in [0.1, 0.15) is 27.8 Å². The number of fused-ring (bicyclic) bond motifs is 3. The van der Waals surface area contributed by atoms with Gasteiger partial charge in [0.15, 0.2) is 5.65 Å². The van der Waals surface area contributed by atoms with Gasteiger partial charge >= 0.3 is 0 Å². The number of benzene rings is 3. The lowest BCUT2D eigenvalue weighted by Gasteiger charge is -2.20. The Morgan fingerprint density at radius 2 is 1.65 bits per heavy atom. The third-order valence-electron chi connectivity index (χ3n) is 6.38. The van der Waals surface area contributed by atoms with Crippen molar-refractivity contribution < 1.29 is 0 Å². The maximum Gasteiger partial charge on any atom is 0.157 e. The van der Waals surface area contributed by atoms with E-state index in [1.165, 1.54) is 11.1 Å². The van der Waals surface area contributed by atoms with Gasteiger partial charge in [-0.15, -0.1) is 0 Å². The molecule has 5 rings (SSSR count). The molecule has 0 aliphatic carbocycles. The summed E-state index contributed by atoms with van der Waals surface area (Å²) in [5.74, 6) is 0.943. The second-order valence-electron chi connectivity index (χ2n) is 8.93. The summed E-state index contributed by atoms with van der Waals surface area (Å²) in [6.07, 6.45) is 0.710. The number of imidazole rings is 1. The molecule has 0 fully saturated rings. The number of aryl methyl sites for hydroxylation is 1. The van der Waals surface area contributed by atoms with Crippen molar-refractivity contribution in [1.82, 2.24) is 9.38 Å². The van der Waals surface area contributed by atoms with Gasteiger partial charge in [-0.1, -0.05) is 42.0 Å². The average molecular weight is 446 g/mol.